The highest BCUT2D eigenvalue weighted by Gasteiger charge is 2.27. The largest absolute Gasteiger partial charge is 0.312 e. The summed E-state index contributed by atoms with van der Waals surface area (Å²) >= 11 is 0. The first-order chi connectivity index (χ1) is 11.6. The molecule has 0 atom stereocenters. The van der Waals surface area contributed by atoms with E-state index in [1.165, 1.54) is 0 Å². The van der Waals surface area contributed by atoms with Gasteiger partial charge in [-0.2, -0.15) is 10.2 Å². The summed E-state index contributed by atoms with van der Waals surface area (Å²) in [5.74, 6) is 0.495. The van der Waals surface area contributed by atoms with Gasteiger partial charge in [0.15, 0.2) is 5.69 Å². The van der Waals surface area contributed by atoms with Crippen molar-refractivity contribution in [2.24, 2.45) is 0 Å². The number of carbonyl (C=O) groups excluding carboxylic acids is 1. The lowest BCUT2D eigenvalue weighted by molar-refractivity contribution is 0.101. The van der Waals surface area contributed by atoms with Crippen LogP contribution in [0.25, 0.3) is 0 Å². The first-order valence-electron chi connectivity index (χ1n) is 8.76. The molecule has 0 saturated carbocycles. The Hall–Kier alpha value is -2.15. The molecule has 25 heavy (non-hydrogen) atoms. The third-order valence-corrected chi connectivity index (χ3v) is 4.38. The summed E-state index contributed by atoms with van der Waals surface area (Å²) in [6, 6.07) is 1.96. The predicted octanol–water partition coefficient (Wildman–Crippen LogP) is 2.56. The summed E-state index contributed by atoms with van der Waals surface area (Å²) in [7, 11) is 0. The molecule has 3 rings (SSSR count). The molecule has 3 N–H and O–H groups in total. The quantitative estimate of drug-likeness (QED) is 0.781. The molecule has 0 unspecified atom stereocenters. The maximum atomic E-state index is 12.8. The van der Waals surface area contributed by atoms with Gasteiger partial charge in [-0.15, -0.1) is 0 Å². The van der Waals surface area contributed by atoms with Gasteiger partial charge in [0, 0.05) is 42.2 Å². The summed E-state index contributed by atoms with van der Waals surface area (Å²) in [5, 5.41) is 18.3. The normalized spacial score (nSPS) is 15.1. The highest BCUT2D eigenvalue weighted by Crippen LogP contribution is 2.28. The maximum Gasteiger partial charge on any atom is 0.277 e. The van der Waals surface area contributed by atoms with E-state index in [9.17, 15) is 4.79 Å². The van der Waals surface area contributed by atoms with E-state index >= 15 is 0 Å². The van der Waals surface area contributed by atoms with Gasteiger partial charge in [0.25, 0.3) is 5.91 Å². The molecule has 2 aromatic rings. The minimum absolute atomic E-state index is 0.0919. The third-order valence-electron chi connectivity index (χ3n) is 4.38. The minimum Gasteiger partial charge on any atom is -0.312 e. The van der Waals surface area contributed by atoms with Gasteiger partial charge in [0.2, 0.25) is 0 Å². The fourth-order valence-corrected chi connectivity index (χ4v) is 2.94. The number of hydrogen-bond acceptors (Lipinski definition) is 4. The second-order valence-electron chi connectivity index (χ2n) is 8.66. The van der Waals surface area contributed by atoms with Crippen molar-refractivity contribution in [3.05, 3.63) is 28.7 Å². The van der Waals surface area contributed by atoms with Crippen LogP contribution in [-0.2, 0) is 23.9 Å². The minimum atomic E-state index is -0.237. The van der Waals surface area contributed by atoms with Crippen LogP contribution in [0.1, 0.15) is 69.0 Å². The fourth-order valence-electron chi connectivity index (χ4n) is 2.94. The van der Waals surface area contributed by atoms with Gasteiger partial charge in [0.05, 0.1) is 11.2 Å². The van der Waals surface area contributed by atoms with Crippen molar-refractivity contribution in [1.82, 2.24) is 25.3 Å². The van der Waals surface area contributed by atoms with Gasteiger partial charge in [-0.1, -0.05) is 20.8 Å². The number of carbonyl (C=O) groups is 1. The van der Waals surface area contributed by atoms with Crippen molar-refractivity contribution in [2.45, 2.75) is 65.5 Å². The highest BCUT2D eigenvalue weighted by atomic mass is 16.2. The summed E-state index contributed by atoms with van der Waals surface area (Å²) in [6.45, 7) is 14.1. The molecule has 0 aliphatic carbocycles. The Labute approximate surface area is 148 Å². The second-order valence-corrected chi connectivity index (χ2v) is 8.66. The zero-order valence-electron chi connectivity index (χ0n) is 15.9. The van der Waals surface area contributed by atoms with Gasteiger partial charge in [-0.25, -0.2) is 4.68 Å². The van der Waals surface area contributed by atoms with Gasteiger partial charge < -0.3 is 10.6 Å². The van der Waals surface area contributed by atoms with Crippen molar-refractivity contribution in [2.75, 3.05) is 11.9 Å². The standard InChI is InChI=1S/C18H28N6O/c1-17(2,3)13-9-14(24(23-13)18(4,5)6)20-16(25)15-11-10-19-8-7-12(11)21-22-15/h9,19H,7-8,10H2,1-6H3,(H,20,25)(H,21,22). The Kier molecular flexibility index (Phi) is 4.23. The Balaban J connectivity index is 1.93. The van der Waals surface area contributed by atoms with Gasteiger partial charge in [0.1, 0.15) is 5.82 Å². The Morgan fingerprint density at radius 3 is 2.60 bits per heavy atom. The van der Waals surface area contributed by atoms with E-state index < -0.39 is 0 Å². The molecular weight excluding hydrogens is 316 g/mol. The van der Waals surface area contributed by atoms with E-state index in [1.54, 1.807) is 0 Å². The third kappa shape index (κ3) is 3.46. The Morgan fingerprint density at radius 2 is 1.96 bits per heavy atom. The molecule has 7 heteroatoms. The van der Waals surface area contributed by atoms with Crippen molar-refractivity contribution in [3.63, 3.8) is 0 Å². The van der Waals surface area contributed by atoms with Crippen LogP contribution in [-0.4, -0.2) is 32.4 Å². The topological polar surface area (TPSA) is 87.6 Å². The molecule has 1 aliphatic heterocycles. The van der Waals surface area contributed by atoms with Crippen LogP contribution in [0.3, 0.4) is 0 Å². The van der Waals surface area contributed by atoms with Crippen LogP contribution >= 0.6 is 0 Å². The van der Waals surface area contributed by atoms with E-state index in [-0.39, 0.29) is 16.9 Å². The molecule has 0 spiro atoms. The number of H-pyrrole nitrogens is 1. The van der Waals surface area contributed by atoms with Gasteiger partial charge in [-0.3, -0.25) is 9.89 Å². The van der Waals surface area contributed by atoms with Gasteiger partial charge >= 0.3 is 0 Å². The number of aromatic amines is 1. The van der Waals surface area contributed by atoms with Crippen molar-refractivity contribution in [1.29, 1.82) is 0 Å². The van der Waals surface area contributed by atoms with Crippen molar-refractivity contribution < 1.29 is 4.79 Å². The number of hydrogen-bond donors (Lipinski definition) is 3. The molecule has 1 amide bonds. The second kappa shape index (κ2) is 5.98. The van der Waals surface area contributed by atoms with Crippen LogP contribution in [0.2, 0.25) is 0 Å². The van der Waals surface area contributed by atoms with Crippen LogP contribution in [0.4, 0.5) is 5.82 Å². The zero-order valence-corrected chi connectivity index (χ0v) is 15.9. The van der Waals surface area contributed by atoms with E-state index in [2.05, 4.69) is 62.4 Å². The van der Waals surface area contributed by atoms with E-state index in [1.807, 2.05) is 10.7 Å². The van der Waals surface area contributed by atoms with E-state index in [0.717, 1.165) is 29.9 Å². The smallest absolute Gasteiger partial charge is 0.277 e. The van der Waals surface area contributed by atoms with Crippen LogP contribution in [0.15, 0.2) is 6.07 Å². The number of nitrogens with one attached hydrogen (secondary N) is 3. The van der Waals surface area contributed by atoms with Crippen LogP contribution in [0.5, 0.6) is 0 Å². The molecular formula is C18H28N6O. The zero-order chi connectivity index (χ0) is 18.4. The summed E-state index contributed by atoms with van der Waals surface area (Å²) in [4.78, 5) is 12.8. The Morgan fingerprint density at radius 1 is 1.24 bits per heavy atom. The van der Waals surface area contributed by atoms with Crippen LogP contribution in [0, 0.1) is 0 Å². The first-order valence-corrected chi connectivity index (χ1v) is 8.76. The number of rotatable bonds is 2. The Bertz CT molecular complexity index is 788. The van der Waals surface area contributed by atoms with Gasteiger partial charge in [-0.05, 0) is 20.8 Å². The molecule has 3 heterocycles. The SMILES string of the molecule is CC(C)(C)c1cc(NC(=O)c2n[nH]c3c2CNCC3)n(C(C)(C)C)n1. The molecule has 0 aromatic carbocycles. The molecule has 136 valence electrons. The molecule has 1 aliphatic rings. The molecule has 2 aromatic heterocycles. The maximum absolute atomic E-state index is 12.8. The monoisotopic (exact) mass is 344 g/mol. The highest BCUT2D eigenvalue weighted by molar-refractivity contribution is 6.03. The lowest BCUT2D eigenvalue weighted by Crippen LogP contribution is -2.28. The number of amides is 1. The van der Waals surface area contributed by atoms with Crippen molar-refractivity contribution >= 4 is 11.7 Å². The number of anilines is 1. The number of aromatic nitrogens is 4. The van der Waals surface area contributed by atoms with Crippen molar-refractivity contribution in [3.8, 4) is 0 Å². The van der Waals surface area contributed by atoms with E-state index in [4.69, 9.17) is 5.10 Å². The molecule has 0 radical (unpaired) electrons. The number of fused-ring (bicyclic) bond motifs is 1. The average molecular weight is 344 g/mol. The summed E-state index contributed by atoms with van der Waals surface area (Å²) < 4.78 is 1.88. The molecule has 0 saturated heterocycles. The predicted molar refractivity (Wildman–Crippen MR) is 97.9 cm³/mol. The van der Waals surface area contributed by atoms with E-state index in [0.29, 0.717) is 18.1 Å². The molecule has 0 fully saturated rings. The lowest BCUT2D eigenvalue weighted by Gasteiger charge is -2.23. The molecule has 0 bridgehead atoms. The first kappa shape index (κ1) is 17.7. The average Bonchev–Trinajstić information content (AvgIpc) is 3.09. The molecule has 7 nitrogen and oxygen atoms in total. The summed E-state index contributed by atoms with van der Waals surface area (Å²) in [6.07, 6.45) is 0.865. The lowest BCUT2D eigenvalue weighted by atomic mass is 9.92. The fraction of sp³-hybridized carbons (Fsp3) is 0.611. The summed E-state index contributed by atoms with van der Waals surface area (Å²) in [5.41, 5.74) is 3.08. The number of nitrogens with zero attached hydrogens (tertiary/aromatic N) is 3. The van der Waals surface area contributed by atoms with Crippen LogP contribution < -0.4 is 10.6 Å².